The molecule has 0 saturated carbocycles. The molecule has 172 valence electrons. The molecule has 1 rings (SSSR count). The van der Waals surface area contributed by atoms with E-state index in [1.807, 2.05) is 12.1 Å². The Morgan fingerprint density at radius 3 is 1.60 bits per heavy atom. The van der Waals surface area contributed by atoms with Crippen molar-refractivity contribution in [2.75, 3.05) is 18.0 Å². The van der Waals surface area contributed by atoms with Gasteiger partial charge in [-0.05, 0) is 18.6 Å². The summed E-state index contributed by atoms with van der Waals surface area (Å²) in [6.45, 7) is 3.77. The van der Waals surface area contributed by atoms with Crippen LogP contribution < -0.4 is 4.90 Å². The van der Waals surface area contributed by atoms with E-state index < -0.39 is 5.97 Å². The Bertz CT molecular complexity index is 507. The van der Waals surface area contributed by atoms with Gasteiger partial charge in [0.15, 0.2) is 0 Å². The maximum atomic E-state index is 10.9. The summed E-state index contributed by atoms with van der Waals surface area (Å²) in [5, 5.41) is 8.98. The van der Waals surface area contributed by atoms with E-state index in [-0.39, 0.29) is 6.42 Å². The second-order valence-electron chi connectivity index (χ2n) is 8.64. The van der Waals surface area contributed by atoms with Crippen LogP contribution in [0, 0.1) is 0 Å². The molecule has 1 aromatic heterocycles. The highest BCUT2D eigenvalue weighted by molar-refractivity contribution is 5.67. The minimum atomic E-state index is -0.735. The standard InChI is InChI=1S/C26H46N2O2/c1-2-3-4-5-6-7-8-9-10-11-12-13-14-15-16-17-23-28(24-20-26(29)30)25-18-21-27-22-19-25/h18-19,21-22H,2-17,20,23-24H2,1H3,(H,29,30). The molecule has 0 bridgehead atoms. The maximum absolute atomic E-state index is 10.9. The number of carboxylic acid groups (broad SMARTS) is 1. The van der Waals surface area contributed by atoms with Gasteiger partial charge < -0.3 is 10.0 Å². The fraction of sp³-hybridized carbons (Fsp3) is 0.769. The molecular formula is C26H46N2O2. The third kappa shape index (κ3) is 15.3. The van der Waals surface area contributed by atoms with Gasteiger partial charge in [0.05, 0.1) is 6.42 Å². The predicted octanol–water partition coefficient (Wildman–Crippen LogP) is 7.62. The van der Waals surface area contributed by atoms with E-state index in [0.717, 1.165) is 18.7 Å². The third-order valence-corrected chi connectivity index (χ3v) is 5.91. The highest BCUT2D eigenvalue weighted by atomic mass is 16.4. The first-order chi connectivity index (χ1) is 14.7. The first-order valence-electron chi connectivity index (χ1n) is 12.6. The monoisotopic (exact) mass is 418 g/mol. The van der Waals surface area contributed by atoms with E-state index in [0.29, 0.717) is 6.54 Å². The number of aliphatic carboxylic acids is 1. The van der Waals surface area contributed by atoms with Crippen molar-refractivity contribution in [3.63, 3.8) is 0 Å². The van der Waals surface area contributed by atoms with E-state index in [4.69, 9.17) is 5.11 Å². The lowest BCUT2D eigenvalue weighted by Crippen LogP contribution is -2.27. The smallest absolute Gasteiger partial charge is 0.305 e. The molecule has 0 spiro atoms. The number of pyridine rings is 1. The van der Waals surface area contributed by atoms with Crippen LogP contribution in [0.3, 0.4) is 0 Å². The van der Waals surface area contributed by atoms with E-state index in [1.54, 1.807) is 12.4 Å². The first kappa shape index (κ1) is 26.5. The fourth-order valence-corrected chi connectivity index (χ4v) is 4.01. The molecule has 0 radical (unpaired) electrons. The minimum Gasteiger partial charge on any atom is -0.481 e. The molecule has 1 aromatic rings. The van der Waals surface area contributed by atoms with Crippen molar-refractivity contribution < 1.29 is 9.90 Å². The molecule has 0 amide bonds. The van der Waals surface area contributed by atoms with E-state index in [9.17, 15) is 4.79 Å². The second kappa shape index (κ2) is 19.4. The Labute approximate surface area is 185 Å². The van der Waals surface area contributed by atoms with Crippen molar-refractivity contribution in [3.8, 4) is 0 Å². The Kier molecular flexibility index (Phi) is 17.1. The maximum Gasteiger partial charge on any atom is 0.305 e. The summed E-state index contributed by atoms with van der Waals surface area (Å²) < 4.78 is 0. The molecular weight excluding hydrogens is 372 g/mol. The topological polar surface area (TPSA) is 53.4 Å². The number of anilines is 1. The van der Waals surface area contributed by atoms with Crippen LogP contribution >= 0.6 is 0 Å². The van der Waals surface area contributed by atoms with Crippen LogP contribution in [0.25, 0.3) is 0 Å². The van der Waals surface area contributed by atoms with Gasteiger partial charge in [-0.1, -0.05) is 103 Å². The van der Waals surface area contributed by atoms with Crippen molar-refractivity contribution in [3.05, 3.63) is 24.5 Å². The van der Waals surface area contributed by atoms with Crippen LogP contribution in [0.5, 0.6) is 0 Å². The van der Waals surface area contributed by atoms with E-state index in [2.05, 4.69) is 16.8 Å². The van der Waals surface area contributed by atoms with Crippen LogP contribution in [-0.2, 0) is 4.79 Å². The van der Waals surface area contributed by atoms with Crippen molar-refractivity contribution in [2.45, 2.75) is 116 Å². The van der Waals surface area contributed by atoms with Crippen molar-refractivity contribution in [1.29, 1.82) is 0 Å². The van der Waals surface area contributed by atoms with Gasteiger partial charge in [0.25, 0.3) is 0 Å². The number of rotatable bonds is 21. The van der Waals surface area contributed by atoms with Crippen LogP contribution in [0.4, 0.5) is 5.69 Å². The molecule has 0 unspecified atom stereocenters. The lowest BCUT2D eigenvalue weighted by atomic mass is 10.0. The molecule has 0 aromatic carbocycles. The molecule has 4 nitrogen and oxygen atoms in total. The molecule has 1 heterocycles. The molecule has 0 fully saturated rings. The average molecular weight is 419 g/mol. The number of unbranched alkanes of at least 4 members (excludes halogenated alkanes) is 15. The largest absolute Gasteiger partial charge is 0.481 e. The highest BCUT2D eigenvalue weighted by Crippen LogP contribution is 2.16. The van der Waals surface area contributed by atoms with Gasteiger partial charge in [0, 0.05) is 31.2 Å². The molecule has 0 aliphatic heterocycles. The zero-order chi connectivity index (χ0) is 21.7. The van der Waals surface area contributed by atoms with E-state index in [1.165, 1.54) is 96.3 Å². The number of aromatic nitrogens is 1. The Balaban J connectivity index is 1.94. The summed E-state index contributed by atoms with van der Waals surface area (Å²) in [5.74, 6) is -0.735. The van der Waals surface area contributed by atoms with Crippen LogP contribution in [0.2, 0.25) is 0 Å². The molecule has 0 saturated heterocycles. The number of carbonyl (C=O) groups is 1. The van der Waals surface area contributed by atoms with Gasteiger partial charge in [-0.3, -0.25) is 9.78 Å². The van der Waals surface area contributed by atoms with Gasteiger partial charge >= 0.3 is 5.97 Å². The molecule has 0 atom stereocenters. The molecule has 0 aliphatic rings. The van der Waals surface area contributed by atoms with Crippen LogP contribution in [0.1, 0.15) is 116 Å². The quantitative estimate of drug-likeness (QED) is 0.209. The average Bonchev–Trinajstić information content (AvgIpc) is 2.76. The van der Waals surface area contributed by atoms with Crippen molar-refractivity contribution in [2.24, 2.45) is 0 Å². The van der Waals surface area contributed by atoms with Crippen LogP contribution in [-0.4, -0.2) is 29.1 Å². The summed E-state index contributed by atoms with van der Waals surface area (Å²) in [6, 6.07) is 3.93. The molecule has 1 N–H and O–H groups in total. The number of hydrogen-bond acceptors (Lipinski definition) is 3. The highest BCUT2D eigenvalue weighted by Gasteiger charge is 2.08. The van der Waals surface area contributed by atoms with Gasteiger partial charge in [-0.2, -0.15) is 0 Å². The third-order valence-electron chi connectivity index (χ3n) is 5.91. The summed E-state index contributed by atoms with van der Waals surface area (Å²) in [5.41, 5.74) is 1.08. The van der Waals surface area contributed by atoms with Gasteiger partial charge in [-0.25, -0.2) is 0 Å². The SMILES string of the molecule is CCCCCCCCCCCCCCCCCCN(CCC(=O)O)c1ccncc1. The zero-order valence-electron chi connectivity index (χ0n) is 19.5. The Hall–Kier alpha value is -1.58. The summed E-state index contributed by atoms with van der Waals surface area (Å²) >= 11 is 0. The number of hydrogen-bond donors (Lipinski definition) is 1. The normalized spacial score (nSPS) is 11.0. The Morgan fingerprint density at radius 1 is 0.733 bits per heavy atom. The molecule has 4 heteroatoms. The summed E-state index contributed by atoms with van der Waals surface area (Å²) in [4.78, 5) is 17.2. The predicted molar refractivity (Wildman–Crippen MR) is 128 cm³/mol. The summed E-state index contributed by atoms with van der Waals surface area (Å²) in [6.07, 6.45) is 25.6. The Morgan fingerprint density at radius 2 is 1.17 bits per heavy atom. The van der Waals surface area contributed by atoms with E-state index >= 15 is 0 Å². The van der Waals surface area contributed by atoms with Gasteiger partial charge in [-0.15, -0.1) is 0 Å². The minimum absolute atomic E-state index is 0.182. The van der Waals surface area contributed by atoms with Crippen molar-refractivity contribution >= 4 is 11.7 Å². The second-order valence-corrected chi connectivity index (χ2v) is 8.64. The van der Waals surface area contributed by atoms with Crippen LogP contribution in [0.15, 0.2) is 24.5 Å². The number of nitrogens with zero attached hydrogens (tertiary/aromatic N) is 2. The lowest BCUT2D eigenvalue weighted by Gasteiger charge is -2.24. The first-order valence-corrected chi connectivity index (χ1v) is 12.6. The van der Waals surface area contributed by atoms with Gasteiger partial charge in [0.2, 0.25) is 0 Å². The summed E-state index contributed by atoms with van der Waals surface area (Å²) in [7, 11) is 0. The van der Waals surface area contributed by atoms with Crippen molar-refractivity contribution in [1.82, 2.24) is 4.98 Å². The lowest BCUT2D eigenvalue weighted by molar-refractivity contribution is -0.136. The zero-order valence-corrected chi connectivity index (χ0v) is 19.5. The molecule has 0 aliphatic carbocycles. The number of carboxylic acids is 1. The van der Waals surface area contributed by atoms with Gasteiger partial charge in [0.1, 0.15) is 0 Å². The fourth-order valence-electron chi connectivity index (χ4n) is 4.01. The molecule has 30 heavy (non-hydrogen) atoms.